The number of carbonyl (C=O) groups is 2. The number of hydrogen-bond acceptors (Lipinski definition) is 4. The maximum Gasteiger partial charge on any atom is 0.410 e. The number of benzene rings is 1. The van der Waals surface area contributed by atoms with Crippen LogP contribution in [-0.4, -0.2) is 48.2 Å². The fourth-order valence-corrected chi connectivity index (χ4v) is 3.28. The molecule has 0 radical (unpaired) electrons. The fourth-order valence-electron chi connectivity index (χ4n) is 3.28. The standard InChI is InChI=1S/C18H25N3O3/c1-18(2,3)24-17(23)20-10-6-7-13(12-20)21-15-9-5-4-8-14(15)19-11-16(21)22/h4-5,8-9,13,19H,6-7,10-12H2,1-3H3. The van der Waals surface area contributed by atoms with Crippen molar-refractivity contribution in [3.05, 3.63) is 24.3 Å². The molecule has 1 aromatic rings. The molecule has 0 aromatic heterocycles. The van der Waals surface area contributed by atoms with Gasteiger partial charge < -0.3 is 19.9 Å². The number of fused-ring (bicyclic) bond motifs is 1. The summed E-state index contributed by atoms with van der Waals surface area (Å²) in [6, 6.07) is 7.80. The van der Waals surface area contributed by atoms with E-state index in [1.54, 1.807) is 4.90 Å². The van der Waals surface area contributed by atoms with E-state index in [1.807, 2.05) is 49.9 Å². The quantitative estimate of drug-likeness (QED) is 0.859. The molecule has 1 atom stereocenters. The zero-order chi connectivity index (χ0) is 17.3. The minimum absolute atomic E-state index is 0.0120. The van der Waals surface area contributed by atoms with Crippen molar-refractivity contribution in [2.75, 3.05) is 29.9 Å². The van der Waals surface area contributed by atoms with Gasteiger partial charge in [0.05, 0.1) is 24.0 Å². The molecule has 0 aliphatic carbocycles. The summed E-state index contributed by atoms with van der Waals surface area (Å²) in [6.07, 6.45) is 1.45. The zero-order valence-electron chi connectivity index (χ0n) is 14.5. The number of piperidine rings is 1. The molecule has 6 heteroatoms. The molecule has 1 saturated heterocycles. The summed E-state index contributed by atoms with van der Waals surface area (Å²) in [5.74, 6) is 0.0461. The Hall–Kier alpha value is -2.24. The first kappa shape index (κ1) is 16.6. The molecule has 0 saturated carbocycles. The van der Waals surface area contributed by atoms with Gasteiger partial charge in [-0.2, -0.15) is 0 Å². The van der Waals surface area contributed by atoms with Crippen molar-refractivity contribution in [2.45, 2.75) is 45.3 Å². The van der Waals surface area contributed by atoms with E-state index in [-0.39, 0.29) is 18.0 Å². The Balaban J connectivity index is 1.77. The van der Waals surface area contributed by atoms with Gasteiger partial charge in [0, 0.05) is 13.1 Å². The number of nitrogens with zero attached hydrogens (tertiary/aromatic N) is 2. The molecule has 2 aliphatic heterocycles. The normalized spacial score (nSPS) is 21.1. The highest BCUT2D eigenvalue weighted by Gasteiger charge is 2.35. The molecule has 2 aliphatic rings. The van der Waals surface area contributed by atoms with Gasteiger partial charge in [0.15, 0.2) is 0 Å². The number of para-hydroxylation sites is 2. The lowest BCUT2D eigenvalue weighted by Gasteiger charge is -2.41. The average Bonchev–Trinajstić information content (AvgIpc) is 2.53. The Bertz CT molecular complexity index is 639. The van der Waals surface area contributed by atoms with Crippen LogP contribution in [0.25, 0.3) is 0 Å². The first-order chi connectivity index (χ1) is 11.3. The fraction of sp³-hybridized carbons (Fsp3) is 0.556. The lowest BCUT2D eigenvalue weighted by Crippen LogP contribution is -2.55. The van der Waals surface area contributed by atoms with E-state index in [0.717, 1.165) is 24.2 Å². The number of amides is 2. The average molecular weight is 331 g/mol. The van der Waals surface area contributed by atoms with E-state index in [0.29, 0.717) is 19.6 Å². The third-order valence-corrected chi connectivity index (χ3v) is 4.28. The molecular formula is C18H25N3O3. The highest BCUT2D eigenvalue weighted by molar-refractivity contribution is 6.03. The molecule has 130 valence electrons. The Morgan fingerprint density at radius 3 is 2.79 bits per heavy atom. The Morgan fingerprint density at radius 1 is 1.29 bits per heavy atom. The Morgan fingerprint density at radius 2 is 2.04 bits per heavy atom. The van der Waals surface area contributed by atoms with E-state index in [4.69, 9.17) is 4.74 Å². The first-order valence-corrected chi connectivity index (χ1v) is 8.48. The molecule has 6 nitrogen and oxygen atoms in total. The largest absolute Gasteiger partial charge is 0.444 e. The van der Waals surface area contributed by atoms with Crippen LogP contribution in [0.4, 0.5) is 16.2 Å². The summed E-state index contributed by atoms with van der Waals surface area (Å²) in [7, 11) is 0. The molecule has 0 bridgehead atoms. The van der Waals surface area contributed by atoms with E-state index < -0.39 is 5.60 Å². The van der Waals surface area contributed by atoms with Crippen LogP contribution in [0.2, 0.25) is 0 Å². The number of ether oxygens (including phenoxy) is 1. The summed E-state index contributed by atoms with van der Waals surface area (Å²) in [5.41, 5.74) is 1.35. The number of nitrogens with one attached hydrogen (secondary N) is 1. The second-order valence-corrected chi connectivity index (χ2v) is 7.36. The molecule has 0 spiro atoms. The van der Waals surface area contributed by atoms with Gasteiger partial charge in [0.2, 0.25) is 5.91 Å². The minimum atomic E-state index is -0.512. The summed E-state index contributed by atoms with van der Waals surface area (Å²) in [4.78, 5) is 28.4. The second kappa shape index (κ2) is 6.34. The van der Waals surface area contributed by atoms with Crippen molar-refractivity contribution in [3.63, 3.8) is 0 Å². The zero-order valence-corrected chi connectivity index (χ0v) is 14.5. The maximum absolute atomic E-state index is 12.5. The molecule has 1 aromatic carbocycles. The predicted molar refractivity (Wildman–Crippen MR) is 93.2 cm³/mol. The smallest absolute Gasteiger partial charge is 0.410 e. The van der Waals surface area contributed by atoms with Crippen LogP contribution >= 0.6 is 0 Å². The summed E-state index contributed by atoms with van der Waals surface area (Å²) >= 11 is 0. The van der Waals surface area contributed by atoms with E-state index in [9.17, 15) is 9.59 Å². The van der Waals surface area contributed by atoms with Gasteiger partial charge in [-0.25, -0.2) is 4.79 Å². The molecule has 2 amide bonds. The molecule has 24 heavy (non-hydrogen) atoms. The predicted octanol–water partition coefficient (Wildman–Crippen LogP) is 2.84. The van der Waals surface area contributed by atoms with Crippen molar-refractivity contribution in [1.29, 1.82) is 0 Å². The number of hydrogen-bond donors (Lipinski definition) is 1. The SMILES string of the molecule is CC(C)(C)OC(=O)N1CCCC(N2C(=O)CNc3ccccc32)C1. The number of anilines is 2. The van der Waals surface area contributed by atoms with Crippen LogP contribution in [0, 0.1) is 0 Å². The van der Waals surface area contributed by atoms with Gasteiger partial charge in [-0.1, -0.05) is 12.1 Å². The summed E-state index contributed by atoms with van der Waals surface area (Å²) < 4.78 is 5.48. The van der Waals surface area contributed by atoms with Crippen LogP contribution in [0.3, 0.4) is 0 Å². The topological polar surface area (TPSA) is 61.9 Å². The van der Waals surface area contributed by atoms with Gasteiger partial charge in [-0.3, -0.25) is 4.79 Å². The van der Waals surface area contributed by atoms with E-state index in [1.165, 1.54) is 0 Å². The number of rotatable bonds is 1. The molecule has 3 rings (SSSR count). The number of likely N-dealkylation sites (tertiary alicyclic amines) is 1. The molecule has 2 heterocycles. The first-order valence-electron chi connectivity index (χ1n) is 8.48. The highest BCUT2D eigenvalue weighted by Crippen LogP contribution is 2.33. The Labute approximate surface area is 142 Å². The summed E-state index contributed by atoms with van der Waals surface area (Å²) in [6.45, 7) is 7.06. The van der Waals surface area contributed by atoms with E-state index in [2.05, 4.69) is 5.32 Å². The van der Waals surface area contributed by atoms with Crippen LogP contribution in [0.15, 0.2) is 24.3 Å². The van der Waals surface area contributed by atoms with Gasteiger partial charge in [-0.15, -0.1) is 0 Å². The van der Waals surface area contributed by atoms with Crippen LogP contribution < -0.4 is 10.2 Å². The van der Waals surface area contributed by atoms with Crippen molar-refractivity contribution >= 4 is 23.4 Å². The molecular weight excluding hydrogens is 306 g/mol. The summed E-state index contributed by atoms with van der Waals surface area (Å²) in [5, 5.41) is 3.15. The van der Waals surface area contributed by atoms with Crippen LogP contribution in [-0.2, 0) is 9.53 Å². The van der Waals surface area contributed by atoms with E-state index >= 15 is 0 Å². The Kier molecular flexibility index (Phi) is 4.39. The highest BCUT2D eigenvalue weighted by atomic mass is 16.6. The van der Waals surface area contributed by atoms with Crippen LogP contribution in [0.1, 0.15) is 33.6 Å². The third kappa shape index (κ3) is 3.47. The maximum atomic E-state index is 12.5. The molecule has 1 fully saturated rings. The van der Waals surface area contributed by atoms with Gasteiger partial charge in [0.25, 0.3) is 0 Å². The monoisotopic (exact) mass is 331 g/mol. The van der Waals surface area contributed by atoms with Crippen molar-refractivity contribution in [1.82, 2.24) is 4.90 Å². The van der Waals surface area contributed by atoms with Gasteiger partial charge in [-0.05, 0) is 45.7 Å². The number of carbonyl (C=O) groups excluding carboxylic acids is 2. The van der Waals surface area contributed by atoms with Crippen molar-refractivity contribution < 1.29 is 14.3 Å². The van der Waals surface area contributed by atoms with Crippen molar-refractivity contribution in [2.24, 2.45) is 0 Å². The lowest BCUT2D eigenvalue weighted by atomic mass is 10.0. The van der Waals surface area contributed by atoms with Crippen molar-refractivity contribution in [3.8, 4) is 0 Å². The lowest BCUT2D eigenvalue weighted by molar-refractivity contribution is -0.117. The van der Waals surface area contributed by atoms with Crippen LogP contribution in [0.5, 0.6) is 0 Å². The third-order valence-electron chi connectivity index (χ3n) is 4.28. The molecule has 1 unspecified atom stereocenters. The molecule has 1 N–H and O–H groups in total. The minimum Gasteiger partial charge on any atom is -0.444 e. The van der Waals surface area contributed by atoms with Gasteiger partial charge >= 0.3 is 6.09 Å². The second-order valence-electron chi connectivity index (χ2n) is 7.36. The van der Waals surface area contributed by atoms with Gasteiger partial charge in [0.1, 0.15) is 5.60 Å².